The number of nitrogen functional groups attached to an aromatic ring is 1. The third-order valence-electron chi connectivity index (χ3n) is 2.17. The van der Waals surface area contributed by atoms with Crippen LogP contribution in [0.3, 0.4) is 0 Å². The molecule has 1 aromatic carbocycles. The van der Waals surface area contributed by atoms with E-state index in [1.54, 1.807) is 0 Å². The van der Waals surface area contributed by atoms with Gasteiger partial charge in [-0.25, -0.2) is 4.39 Å². The lowest BCUT2D eigenvalue weighted by atomic mass is 10.2. The maximum Gasteiger partial charge on any atom is 0.143 e. The second kappa shape index (κ2) is 5.19. The quantitative estimate of drug-likeness (QED) is 0.698. The minimum Gasteiger partial charge on any atom is -0.397 e. The van der Waals surface area contributed by atoms with Crippen molar-refractivity contribution in [3.63, 3.8) is 0 Å². The van der Waals surface area contributed by atoms with Crippen LogP contribution in [0.1, 0.15) is 13.3 Å². The molecule has 0 radical (unpaired) electrons. The summed E-state index contributed by atoms with van der Waals surface area (Å²) in [6.07, 6.45) is 0.741. The molecule has 1 rings (SSSR count). The second-order valence-corrected chi connectivity index (χ2v) is 3.69. The predicted octanol–water partition coefficient (Wildman–Crippen LogP) is 2.24. The fourth-order valence-electron chi connectivity index (χ4n) is 1.18. The molecule has 0 bridgehead atoms. The van der Waals surface area contributed by atoms with Crippen molar-refractivity contribution >= 4 is 23.0 Å². The Morgan fingerprint density at radius 2 is 2.27 bits per heavy atom. The number of hydrogen-bond acceptors (Lipinski definition) is 3. The standard InChI is InChI=1S/C10H14ClFN2O/c1-2-6(5-15)14-10-3-7(11)8(12)4-9(10)13/h3-4,6,14-15H,2,5,13H2,1H3. The van der Waals surface area contributed by atoms with Crippen molar-refractivity contribution in [2.24, 2.45) is 0 Å². The van der Waals surface area contributed by atoms with Gasteiger partial charge in [-0.15, -0.1) is 0 Å². The second-order valence-electron chi connectivity index (χ2n) is 3.29. The molecule has 0 aliphatic heterocycles. The summed E-state index contributed by atoms with van der Waals surface area (Å²) in [5.74, 6) is -0.545. The summed E-state index contributed by atoms with van der Waals surface area (Å²) in [5, 5.41) is 12.0. The van der Waals surface area contributed by atoms with Crippen LogP contribution in [0.25, 0.3) is 0 Å². The molecule has 0 saturated carbocycles. The molecule has 0 spiro atoms. The van der Waals surface area contributed by atoms with Gasteiger partial charge in [-0.2, -0.15) is 0 Å². The van der Waals surface area contributed by atoms with Crippen LogP contribution in [0.5, 0.6) is 0 Å². The minimum atomic E-state index is -0.545. The summed E-state index contributed by atoms with van der Waals surface area (Å²) in [6, 6.07) is 2.48. The van der Waals surface area contributed by atoms with E-state index >= 15 is 0 Å². The minimum absolute atomic E-state index is 0.00899. The summed E-state index contributed by atoms with van der Waals surface area (Å²) >= 11 is 5.62. The monoisotopic (exact) mass is 232 g/mol. The van der Waals surface area contributed by atoms with Gasteiger partial charge in [0.1, 0.15) is 5.82 Å². The number of aliphatic hydroxyl groups excluding tert-OH is 1. The van der Waals surface area contributed by atoms with Crippen LogP contribution < -0.4 is 11.1 Å². The Bertz CT molecular complexity index is 342. The van der Waals surface area contributed by atoms with Crippen LogP contribution in [0, 0.1) is 5.82 Å². The Morgan fingerprint density at radius 1 is 1.60 bits per heavy atom. The van der Waals surface area contributed by atoms with Crippen LogP contribution in [-0.2, 0) is 0 Å². The van der Waals surface area contributed by atoms with E-state index in [0.717, 1.165) is 12.5 Å². The topological polar surface area (TPSA) is 58.3 Å². The Morgan fingerprint density at radius 3 is 2.80 bits per heavy atom. The van der Waals surface area contributed by atoms with E-state index in [1.807, 2.05) is 6.92 Å². The van der Waals surface area contributed by atoms with Crippen LogP contribution in [-0.4, -0.2) is 17.8 Å². The first-order valence-corrected chi connectivity index (χ1v) is 5.08. The number of nitrogens with one attached hydrogen (secondary N) is 1. The highest BCUT2D eigenvalue weighted by molar-refractivity contribution is 6.31. The lowest BCUT2D eigenvalue weighted by molar-refractivity contribution is 0.272. The number of anilines is 2. The highest BCUT2D eigenvalue weighted by Gasteiger charge is 2.09. The van der Waals surface area contributed by atoms with E-state index in [4.69, 9.17) is 22.4 Å². The van der Waals surface area contributed by atoms with Crippen molar-refractivity contribution < 1.29 is 9.50 Å². The Kier molecular flexibility index (Phi) is 4.17. The maximum absolute atomic E-state index is 13.0. The lowest BCUT2D eigenvalue weighted by Gasteiger charge is -2.17. The zero-order valence-electron chi connectivity index (χ0n) is 8.43. The lowest BCUT2D eigenvalue weighted by Crippen LogP contribution is -2.23. The molecule has 0 amide bonds. The van der Waals surface area contributed by atoms with E-state index in [-0.39, 0.29) is 23.4 Å². The van der Waals surface area contributed by atoms with Gasteiger partial charge in [-0.1, -0.05) is 18.5 Å². The average molecular weight is 233 g/mol. The van der Waals surface area contributed by atoms with E-state index in [9.17, 15) is 4.39 Å². The molecule has 0 heterocycles. The van der Waals surface area contributed by atoms with Crippen LogP contribution in [0.2, 0.25) is 5.02 Å². The third kappa shape index (κ3) is 2.97. The molecule has 84 valence electrons. The molecular formula is C10H14ClFN2O. The molecule has 3 nitrogen and oxygen atoms in total. The number of rotatable bonds is 4. The molecule has 0 aliphatic rings. The smallest absolute Gasteiger partial charge is 0.143 e. The van der Waals surface area contributed by atoms with Crippen LogP contribution in [0.4, 0.5) is 15.8 Å². The normalized spacial score (nSPS) is 12.5. The van der Waals surface area contributed by atoms with Gasteiger partial charge in [0.05, 0.1) is 23.0 Å². The average Bonchev–Trinajstić information content (AvgIpc) is 2.21. The van der Waals surface area contributed by atoms with E-state index in [0.29, 0.717) is 5.69 Å². The third-order valence-corrected chi connectivity index (χ3v) is 2.45. The number of halogens is 2. The molecule has 0 saturated heterocycles. The molecule has 15 heavy (non-hydrogen) atoms. The zero-order valence-corrected chi connectivity index (χ0v) is 9.18. The van der Waals surface area contributed by atoms with Crippen molar-refractivity contribution in [1.29, 1.82) is 0 Å². The number of hydrogen-bond donors (Lipinski definition) is 3. The van der Waals surface area contributed by atoms with Gasteiger partial charge in [-0.3, -0.25) is 0 Å². The van der Waals surface area contributed by atoms with Crippen molar-refractivity contribution in [2.75, 3.05) is 17.7 Å². The van der Waals surface area contributed by atoms with Gasteiger partial charge in [0, 0.05) is 12.1 Å². The summed E-state index contributed by atoms with van der Waals surface area (Å²) < 4.78 is 13.0. The Balaban J connectivity index is 2.89. The Labute approximate surface area is 93.0 Å². The van der Waals surface area contributed by atoms with E-state index in [1.165, 1.54) is 6.07 Å². The molecule has 1 aromatic rings. The number of benzene rings is 1. The van der Waals surface area contributed by atoms with Crippen LogP contribution >= 0.6 is 11.6 Å². The molecule has 0 aromatic heterocycles. The highest BCUT2D eigenvalue weighted by atomic mass is 35.5. The molecule has 1 atom stereocenters. The summed E-state index contributed by atoms with van der Waals surface area (Å²) in [5.41, 5.74) is 6.43. The fourth-order valence-corrected chi connectivity index (χ4v) is 1.35. The van der Waals surface area contributed by atoms with E-state index < -0.39 is 5.82 Å². The number of aliphatic hydroxyl groups is 1. The Hall–Kier alpha value is -1.00. The van der Waals surface area contributed by atoms with Gasteiger partial charge in [0.25, 0.3) is 0 Å². The largest absolute Gasteiger partial charge is 0.397 e. The molecule has 0 aliphatic carbocycles. The van der Waals surface area contributed by atoms with Crippen molar-refractivity contribution in [1.82, 2.24) is 0 Å². The molecule has 0 fully saturated rings. The predicted molar refractivity (Wildman–Crippen MR) is 60.6 cm³/mol. The first-order chi connectivity index (χ1) is 7.08. The van der Waals surface area contributed by atoms with Crippen molar-refractivity contribution in [3.05, 3.63) is 23.0 Å². The fraction of sp³-hybridized carbons (Fsp3) is 0.400. The number of nitrogens with two attached hydrogens (primary N) is 1. The molecule has 4 N–H and O–H groups in total. The first kappa shape index (κ1) is 12.1. The zero-order chi connectivity index (χ0) is 11.4. The summed E-state index contributed by atoms with van der Waals surface area (Å²) in [6.45, 7) is 1.92. The van der Waals surface area contributed by atoms with Gasteiger partial charge < -0.3 is 16.2 Å². The maximum atomic E-state index is 13.0. The molecule has 1 unspecified atom stereocenters. The summed E-state index contributed by atoms with van der Waals surface area (Å²) in [7, 11) is 0. The van der Waals surface area contributed by atoms with Gasteiger partial charge in [0.2, 0.25) is 0 Å². The van der Waals surface area contributed by atoms with Crippen molar-refractivity contribution in [2.45, 2.75) is 19.4 Å². The molecular weight excluding hydrogens is 219 g/mol. The van der Waals surface area contributed by atoms with Gasteiger partial charge >= 0.3 is 0 Å². The van der Waals surface area contributed by atoms with Gasteiger partial charge in [-0.05, 0) is 12.5 Å². The summed E-state index contributed by atoms with van der Waals surface area (Å²) in [4.78, 5) is 0. The van der Waals surface area contributed by atoms with Crippen LogP contribution in [0.15, 0.2) is 12.1 Å². The van der Waals surface area contributed by atoms with Gasteiger partial charge in [0.15, 0.2) is 0 Å². The van der Waals surface area contributed by atoms with Crippen molar-refractivity contribution in [3.8, 4) is 0 Å². The first-order valence-electron chi connectivity index (χ1n) is 4.70. The molecule has 5 heteroatoms. The van der Waals surface area contributed by atoms with E-state index in [2.05, 4.69) is 5.32 Å². The highest BCUT2D eigenvalue weighted by Crippen LogP contribution is 2.26. The SMILES string of the molecule is CCC(CO)Nc1cc(Cl)c(F)cc1N.